The van der Waals surface area contributed by atoms with Gasteiger partial charge in [-0.3, -0.25) is 4.79 Å². The molecule has 15 heavy (non-hydrogen) atoms. The average molecular weight is 205 g/mol. The topological polar surface area (TPSA) is 67.2 Å². The van der Waals surface area contributed by atoms with E-state index in [0.717, 1.165) is 5.69 Å². The summed E-state index contributed by atoms with van der Waals surface area (Å²) in [6.45, 7) is 0. The van der Waals surface area contributed by atoms with E-state index in [9.17, 15) is 4.79 Å². The lowest BCUT2D eigenvalue weighted by molar-refractivity contribution is 0.0964. The van der Waals surface area contributed by atoms with E-state index in [1.807, 2.05) is 6.07 Å². The van der Waals surface area contributed by atoms with Gasteiger partial charge in [-0.05, 0) is 31.0 Å². The Bertz CT molecular complexity index is 385. The minimum absolute atomic E-state index is 0.0850. The van der Waals surface area contributed by atoms with Crippen molar-refractivity contribution in [1.82, 2.24) is 5.32 Å². The monoisotopic (exact) mass is 205 g/mol. The fraction of sp³-hybridized carbons (Fsp3) is 0.364. The number of carbonyl (C=O) groups excluding carboxylic acids is 1. The van der Waals surface area contributed by atoms with Crippen LogP contribution in [0.2, 0.25) is 0 Å². The molecular formula is C11H15N3O. The first kappa shape index (κ1) is 9.83. The van der Waals surface area contributed by atoms with Crippen LogP contribution in [0, 0.1) is 0 Å². The summed E-state index contributed by atoms with van der Waals surface area (Å²) >= 11 is 0. The fourth-order valence-corrected chi connectivity index (χ4v) is 1.46. The number of nitrogen functional groups attached to an aromatic ring is 1. The lowest BCUT2D eigenvalue weighted by Crippen LogP contribution is -2.20. The summed E-state index contributed by atoms with van der Waals surface area (Å²) in [4.78, 5) is 11.6. The van der Waals surface area contributed by atoms with Crippen molar-refractivity contribution >= 4 is 17.3 Å². The molecule has 1 fully saturated rings. The van der Waals surface area contributed by atoms with Gasteiger partial charge in [0.1, 0.15) is 0 Å². The number of rotatable bonds is 3. The Balaban J connectivity index is 2.29. The van der Waals surface area contributed by atoms with Gasteiger partial charge in [0.15, 0.2) is 0 Å². The van der Waals surface area contributed by atoms with Gasteiger partial charge in [-0.1, -0.05) is 0 Å². The van der Waals surface area contributed by atoms with Crippen molar-refractivity contribution in [3.63, 3.8) is 0 Å². The number of carbonyl (C=O) groups is 1. The molecular weight excluding hydrogens is 190 g/mol. The molecule has 0 aliphatic heterocycles. The zero-order chi connectivity index (χ0) is 10.8. The van der Waals surface area contributed by atoms with E-state index < -0.39 is 0 Å². The van der Waals surface area contributed by atoms with Crippen LogP contribution in [0.3, 0.4) is 0 Å². The van der Waals surface area contributed by atoms with E-state index >= 15 is 0 Å². The predicted molar refractivity (Wildman–Crippen MR) is 60.9 cm³/mol. The van der Waals surface area contributed by atoms with Gasteiger partial charge in [0.05, 0.1) is 5.56 Å². The number of benzene rings is 1. The van der Waals surface area contributed by atoms with Crippen LogP contribution >= 0.6 is 0 Å². The standard InChI is InChI=1S/C11H15N3O/c1-13-11(15)9-5-2-7(12)6-10(9)14-8-3-4-8/h2,5-6,8,14H,3-4,12H2,1H3,(H,13,15). The van der Waals surface area contributed by atoms with Crippen LogP contribution in [0.25, 0.3) is 0 Å². The minimum Gasteiger partial charge on any atom is -0.399 e. The first-order chi connectivity index (χ1) is 7.20. The smallest absolute Gasteiger partial charge is 0.253 e. The van der Waals surface area contributed by atoms with Gasteiger partial charge in [0.25, 0.3) is 5.91 Å². The molecule has 0 unspecified atom stereocenters. The molecule has 0 heterocycles. The zero-order valence-corrected chi connectivity index (χ0v) is 8.71. The van der Waals surface area contributed by atoms with Crippen molar-refractivity contribution in [1.29, 1.82) is 0 Å². The molecule has 0 saturated heterocycles. The molecule has 1 aromatic rings. The highest BCUT2D eigenvalue weighted by Gasteiger charge is 2.23. The predicted octanol–water partition coefficient (Wildman–Crippen LogP) is 1.20. The number of hydrogen-bond donors (Lipinski definition) is 3. The Morgan fingerprint density at radius 2 is 2.20 bits per heavy atom. The van der Waals surface area contributed by atoms with E-state index in [1.54, 1.807) is 19.2 Å². The first-order valence-corrected chi connectivity index (χ1v) is 5.09. The third-order valence-corrected chi connectivity index (χ3v) is 2.45. The van der Waals surface area contributed by atoms with Crippen LogP contribution in [0.5, 0.6) is 0 Å². The summed E-state index contributed by atoms with van der Waals surface area (Å²) in [5.41, 5.74) is 7.85. The van der Waals surface area contributed by atoms with Gasteiger partial charge >= 0.3 is 0 Å². The van der Waals surface area contributed by atoms with E-state index in [4.69, 9.17) is 5.73 Å². The summed E-state index contributed by atoms with van der Waals surface area (Å²) in [5, 5.41) is 5.91. The normalized spacial score (nSPS) is 14.7. The second kappa shape index (κ2) is 3.81. The van der Waals surface area contributed by atoms with E-state index in [-0.39, 0.29) is 5.91 Å². The fourth-order valence-electron chi connectivity index (χ4n) is 1.46. The van der Waals surface area contributed by atoms with Gasteiger partial charge in [-0.15, -0.1) is 0 Å². The van der Waals surface area contributed by atoms with Crippen molar-refractivity contribution in [2.24, 2.45) is 0 Å². The van der Waals surface area contributed by atoms with Crippen LogP contribution in [0.4, 0.5) is 11.4 Å². The van der Waals surface area contributed by atoms with Gasteiger partial charge in [-0.2, -0.15) is 0 Å². The summed E-state index contributed by atoms with van der Waals surface area (Å²) < 4.78 is 0. The largest absolute Gasteiger partial charge is 0.399 e. The lowest BCUT2D eigenvalue weighted by Gasteiger charge is -2.11. The quantitative estimate of drug-likeness (QED) is 0.649. The van der Waals surface area contributed by atoms with Crippen LogP contribution in [-0.2, 0) is 0 Å². The first-order valence-electron chi connectivity index (χ1n) is 5.09. The summed E-state index contributed by atoms with van der Waals surface area (Å²) in [7, 11) is 1.62. The second-order valence-corrected chi connectivity index (χ2v) is 3.80. The van der Waals surface area contributed by atoms with Gasteiger partial charge in [0.2, 0.25) is 0 Å². The summed E-state index contributed by atoms with van der Waals surface area (Å²) in [6, 6.07) is 5.81. The molecule has 0 radical (unpaired) electrons. The molecule has 4 N–H and O–H groups in total. The van der Waals surface area contributed by atoms with Crippen molar-refractivity contribution in [2.45, 2.75) is 18.9 Å². The Morgan fingerprint density at radius 3 is 2.80 bits per heavy atom. The maximum absolute atomic E-state index is 11.6. The number of amides is 1. The molecule has 4 nitrogen and oxygen atoms in total. The molecule has 0 spiro atoms. The average Bonchev–Trinajstić information content (AvgIpc) is 3.01. The Hall–Kier alpha value is -1.71. The molecule has 1 aliphatic rings. The highest BCUT2D eigenvalue weighted by atomic mass is 16.1. The molecule has 4 heteroatoms. The molecule has 0 bridgehead atoms. The zero-order valence-electron chi connectivity index (χ0n) is 8.71. The Kier molecular flexibility index (Phi) is 2.49. The van der Waals surface area contributed by atoms with Crippen molar-refractivity contribution in [3.05, 3.63) is 23.8 Å². The van der Waals surface area contributed by atoms with Gasteiger partial charge in [0, 0.05) is 24.5 Å². The van der Waals surface area contributed by atoms with Crippen LogP contribution in [0.15, 0.2) is 18.2 Å². The molecule has 80 valence electrons. The Morgan fingerprint density at radius 1 is 1.47 bits per heavy atom. The third kappa shape index (κ3) is 2.21. The van der Waals surface area contributed by atoms with Gasteiger partial charge in [-0.25, -0.2) is 0 Å². The number of nitrogens with two attached hydrogens (primary N) is 1. The molecule has 1 saturated carbocycles. The highest BCUT2D eigenvalue weighted by Crippen LogP contribution is 2.28. The van der Waals surface area contributed by atoms with Crippen LogP contribution in [0.1, 0.15) is 23.2 Å². The molecule has 1 aromatic carbocycles. The number of hydrogen-bond acceptors (Lipinski definition) is 3. The molecule has 2 rings (SSSR count). The molecule has 1 amide bonds. The van der Waals surface area contributed by atoms with E-state index in [2.05, 4.69) is 10.6 Å². The van der Waals surface area contributed by atoms with Crippen molar-refractivity contribution in [2.75, 3.05) is 18.1 Å². The Labute approximate surface area is 88.9 Å². The second-order valence-electron chi connectivity index (χ2n) is 3.80. The molecule has 0 atom stereocenters. The van der Waals surface area contributed by atoms with E-state index in [0.29, 0.717) is 17.3 Å². The van der Waals surface area contributed by atoms with Crippen LogP contribution in [-0.4, -0.2) is 19.0 Å². The molecule has 1 aliphatic carbocycles. The minimum atomic E-state index is -0.0850. The SMILES string of the molecule is CNC(=O)c1ccc(N)cc1NC1CC1. The number of nitrogens with one attached hydrogen (secondary N) is 2. The van der Waals surface area contributed by atoms with E-state index in [1.165, 1.54) is 12.8 Å². The molecule has 0 aromatic heterocycles. The maximum atomic E-state index is 11.6. The van der Waals surface area contributed by atoms with Crippen molar-refractivity contribution in [3.8, 4) is 0 Å². The van der Waals surface area contributed by atoms with Gasteiger partial charge < -0.3 is 16.4 Å². The summed E-state index contributed by atoms with van der Waals surface area (Å²) in [6.07, 6.45) is 2.34. The van der Waals surface area contributed by atoms with Crippen LogP contribution < -0.4 is 16.4 Å². The lowest BCUT2D eigenvalue weighted by atomic mass is 10.1. The third-order valence-electron chi connectivity index (χ3n) is 2.45. The van der Waals surface area contributed by atoms with Crippen molar-refractivity contribution < 1.29 is 4.79 Å². The summed E-state index contributed by atoms with van der Waals surface area (Å²) in [5.74, 6) is -0.0850. The highest BCUT2D eigenvalue weighted by molar-refractivity contribution is 6.00. The maximum Gasteiger partial charge on any atom is 0.253 e. The number of anilines is 2.